The number of halogens is 1. The molecule has 17 heavy (non-hydrogen) atoms. The van der Waals surface area contributed by atoms with E-state index in [2.05, 4.69) is 10.9 Å². The summed E-state index contributed by atoms with van der Waals surface area (Å²) in [5.41, 5.74) is 0.653. The minimum atomic E-state index is -0.868. The highest BCUT2D eigenvalue weighted by Crippen LogP contribution is 2.23. The van der Waals surface area contributed by atoms with E-state index in [-0.39, 0.29) is 0 Å². The highest BCUT2D eigenvalue weighted by molar-refractivity contribution is 6.32. The third kappa shape index (κ3) is 3.65. The average molecular weight is 253 g/mol. The van der Waals surface area contributed by atoms with Crippen LogP contribution in [0, 0.1) is 18.3 Å². The van der Waals surface area contributed by atoms with Crippen LogP contribution in [0.5, 0.6) is 0 Å². The highest BCUT2D eigenvalue weighted by atomic mass is 35.5. The van der Waals surface area contributed by atoms with Crippen LogP contribution in [0.25, 0.3) is 0 Å². The van der Waals surface area contributed by atoms with Gasteiger partial charge in [0.05, 0.1) is 18.2 Å². The Hall–Kier alpha value is -1.73. The first kappa shape index (κ1) is 13.3. The van der Waals surface area contributed by atoms with Gasteiger partial charge in [0.25, 0.3) is 0 Å². The summed E-state index contributed by atoms with van der Waals surface area (Å²) in [5, 5.41) is 9.21. The number of carboxylic acid groups (broad SMARTS) is 1. The SMILES string of the molecule is C#CCN(CC(C)C(=O)O)c1cccnc1Cl. The zero-order valence-electron chi connectivity index (χ0n) is 9.43. The molecule has 5 heteroatoms. The quantitative estimate of drug-likeness (QED) is 0.642. The number of aliphatic carboxylic acids is 1. The zero-order valence-corrected chi connectivity index (χ0v) is 10.2. The molecule has 1 rings (SSSR count). The van der Waals surface area contributed by atoms with E-state index in [9.17, 15) is 4.79 Å². The Morgan fingerprint density at radius 1 is 1.76 bits per heavy atom. The molecule has 1 aromatic rings. The van der Waals surface area contributed by atoms with Gasteiger partial charge in [-0.2, -0.15) is 0 Å². The third-order valence-electron chi connectivity index (χ3n) is 2.28. The lowest BCUT2D eigenvalue weighted by molar-refractivity contribution is -0.140. The molecule has 0 saturated carbocycles. The van der Waals surface area contributed by atoms with Crippen LogP contribution in [0.2, 0.25) is 5.15 Å². The molecule has 4 nitrogen and oxygen atoms in total. The van der Waals surface area contributed by atoms with E-state index in [0.29, 0.717) is 23.9 Å². The summed E-state index contributed by atoms with van der Waals surface area (Å²) in [6.45, 7) is 2.21. The Morgan fingerprint density at radius 3 is 3.00 bits per heavy atom. The number of hydrogen-bond donors (Lipinski definition) is 1. The molecule has 1 unspecified atom stereocenters. The summed E-state index contributed by atoms with van der Waals surface area (Å²) >= 11 is 5.95. The average Bonchev–Trinajstić information content (AvgIpc) is 2.29. The van der Waals surface area contributed by atoms with Crippen LogP contribution in [-0.4, -0.2) is 29.1 Å². The van der Waals surface area contributed by atoms with Gasteiger partial charge in [-0.1, -0.05) is 24.4 Å². The van der Waals surface area contributed by atoms with Crippen LogP contribution >= 0.6 is 11.6 Å². The molecule has 1 N–H and O–H groups in total. The van der Waals surface area contributed by atoms with Crippen molar-refractivity contribution >= 4 is 23.3 Å². The van der Waals surface area contributed by atoms with E-state index in [4.69, 9.17) is 23.1 Å². The van der Waals surface area contributed by atoms with Crippen molar-refractivity contribution in [3.8, 4) is 12.3 Å². The van der Waals surface area contributed by atoms with E-state index in [0.717, 1.165) is 0 Å². The zero-order chi connectivity index (χ0) is 12.8. The molecule has 1 heterocycles. The topological polar surface area (TPSA) is 53.4 Å². The molecule has 0 radical (unpaired) electrons. The number of pyridine rings is 1. The van der Waals surface area contributed by atoms with E-state index < -0.39 is 11.9 Å². The van der Waals surface area contributed by atoms with E-state index >= 15 is 0 Å². The maximum atomic E-state index is 10.8. The van der Waals surface area contributed by atoms with Crippen molar-refractivity contribution in [1.82, 2.24) is 4.98 Å². The van der Waals surface area contributed by atoms with Gasteiger partial charge >= 0.3 is 5.97 Å². The van der Waals surface area contributed by atoms with Crippen molar-refractivity contribution in [3.63, 3.8) is 0 Å². The fourth-order valence-electron chi connectivity index (χ4n) is 1.38. The van der Waals surface area contributed by atoms with E-state index in [1.54, 1.807) is 30.2 Å². The Labute approximate surface area is 105 Å². The number of hydrogen-bond acceptors (Lipinski definition) is 3. The molecular formula is C12H13ClN2O2. The number of nitrogens with zero attached hydrogens (tertiary/aromatic N) is 2. The molecule has 0 aliphatic heterocycles. The lowest BCUT2D eigenvalue weighted by Gasteiger charge is -2.24. The first-order valence-corrected chi connectivity index (χ1v) is 5.45. The van der Waals surface area contributed by atoms with Crippen LogP contribution in [0.4, 0.5) is 5.69 Å². The van der Waals surface area contributed by atoms with Crippen molar-refractivity contribution in [2.24, 2.45) is 5.92 Å². The molecule has 0 aromatic carbocycles. The van der Waals surface area contributed by atoms with Gasteiger partial charge in [-0.25, -0.2) is 4.98 Å². The van der Waals surface area contributed by atoms with Crippen molar-refractivity contribution in [2.45, 2.75) is 6.92 Å². The maximum absolute atomic E-state index is 10.8. The van der Waals surface area contributed by atoms with Gasteiger partial charge in [-0.15, -0.1) is 6.42 Å². The summed E-state index contributed by atoms with van der Waals surface area (Å²) in [4.78, 5) is 16.5. The van der Waals surface area contributed by atoms with E-state index in [1.165, 1.54) is 0 Å². The van der Waals surface area contributed by atoms with Crippen LogP contribution < -0.4 is 4.90 Å². The number of anilines is 1. The minimum absolute atomic E-state index is 0.295. The first-order valence-electron chi connectivity index (χ1n) is 5.08. The molecule has 0 aliphatic carbocycles. The predicted molar refractivity (Wildman–Crippen MR) is 67.1 cm³/mol. The van der Waals surface area contributed by atoms with Crippen LogP contribution in [-0.2, 0) is 4.79 Å². The second-order valence-electron chi connectivity index (χ2n) is 3.64. The number of terminal acetylenes is 1. The Balaban J connectivity index is 2.91. The minimum Gasteiger partial charge on any atom is -0.481 e. The van der Waals surface area contributed by atoms with Crippen molar-refractivity contribution in [3.05, 3.63) is 23.5 Å². The number of rotatable bonds is 5. The fourth-order valence-corrected chi connectivity index (χ4v) is 1.62. The Kier molecular flexibility index (Phi) is 4.80. The maximum Gasteiger partial charge on any atom is 0.308 e. The molecule has 0 spiro atoms. The molecule has 0 aliphatic rings. The standard InChI is InChI=1S/C12H13ClN2O2/c1-3-7-15(8-9(2)12(16)17)10-5-4-6-14-11(10)13/h1,4-6,9H,7-8H2,2H3,(H,16,17). The summed E-state index contributed by atoms with van der Waals surface area (Å²) < 4.78 is 0. The second kappa shape index (κ2) is 6.12. The number of carboxylic acids is 1. The molecule has 1 aromatic heterocycles. The summed E-state index contributed by atoms with van der Waals surface area (Å²) in [6.07, 6.45) is 6.84. The van der Waals surface area contributed by atoms with Crippen LogP contribution in [0.1, 0.15) is 6.92 Å². The van der Waals surface area contributed by atoms with Crippen molar-refractivity contribution in [2.75, 3.05) is 18.0 Å². The summed E-state index contributed by atoms with van der Waals surface area (Å²) in [6, 6.07) is 3.50. The third-order valence-corrected chi connectivity index (χ3v) is 2.57. The van der Waals surface area contributed by atoms with Crippen LogP contribution in [0.15, 0.2) is 18.3 Å². The molecule has 0 fully saturated rings. The normalized spacial score (nSPS) is 11.6. The van der Waals surface area contributed by atoms with Gasteiger partial charge in [0.1, 0.15) is 0 Å². The molecule has 0 amide bonds. The van der Waals surface area contributed by atoms with Gasteiger partial charge in [-0.3, -0.25) is 4.79 Å². The van der Waals surface area contributed by atoms with Gasteiger partial charge < -0.3 is 10.0 Å². The number of carbonyl (C=O) groups is 1. The molecule has 0 bridgehead atoms. The fraction of sp³-hybridized carbons (Fsp3) is 0.333. The molecule has 0 saturated heterocycles. The summed E-state index contributed by atoms with van der Waals surface area (Å²) in [5.74, 6) is 1.09. The highest BCUT2D eigenvalue weighted by Gasteiger charge is 2.17. The van der Waals surface area contributed by atoms with Crippen molar-refractivity contribution in [1.29, 1.82) is 0 Å². The second-order valence-corrected chi connectivity index (χ2v) is 4.00. The monoisotopic (exact) mass is 252 g/mol. The molecular weight excluding hydrogens is 240 g/mol. The lowest BCUT2D eigenvalue weighted by atomic mass is 10.1. The predicted octanol–water partition coefficient (Wildman–Crippen LogP) is 1.90. The Morgan fingerprint density at radius 2 is 2.47 bits per heavy atom. The Bertz CT molecular complexity index is 442. The summed E-state index contributed by atoms with van der Waals surface area (Å²) in [7, 11) is 0. The van der Waals surface area contributed by atoms with Gasteiger partial charge in [0, 0.05) is 12.7 Å². The largest absolute Gasteiger partial charge is 0.481 e. The first-order chi connectivity index (χ1) is 8.06. The van der Waals surface area contributed by atoms with Gasteiger partial charge in [0.2, 0.25) is 0 Å². The van der Waals surface area contributed by atoms with Crippen molar-refractivity contribution < 1.29 is 9.90 Å². The van der Waals surface area contributed by atoms with E-state index in [1.807, 2.05) is 0 Å². The molecule has 1 atom stereocenters. The van der Waals surface area contributed by atoms with Gasteiger partial charge in [0.15, 0.2) is 5.15 Å². The lowest BCUT2D eigenvalue weighted by Crippen LogP contribution is -2.32. The van der Waals surface area contributed by atoms with Crippen LogP contribution in [0.3, 0.4) is 0 Å². The van der Waals surface area contributed by atoms with Gasteiger partial charge in [-0.05, 0) is 12.1 Å². The smallest absolute Gasteiger partial charge is 0.308 e. The molecule has 90 valence electrons. The number of aromatic nitrogens is 1.